The Kier molecular flexibility index (Phi) is 2.11. The van der Waals surface area contributed by atoms with Gasteiger partial charge < -0.3 is 0 Å². The van der Waals surface area contributed by atoms with Crippen LogP contribution < -0.4 is 0 Å². The Balaban J connectivity index is 2.69. The van der Waals surface area contributed by atoms with Crippen molar-refractivity contribution in [3.8, 4) is 0 Å². The molecule has 0 saturated heterocycles. The zero-order valence-electron chi connectivity index (χ0n) is 5.32. The SMILES string of the molecule is Cc1[nH]ncc1CCCl. The molecule has 0 bridgehead atoms. The molecule has 1 aromatic rings. The summed E-state index contributed by atoms with van der Waals surface area (Å²) in [6.07, 6.45) is 2.72. The predicted octanol–water partition coefficient (Wildman–Crippen LogP) is 1.50. The Morgan fingerprint density at radius 3 is 3.00 bits per heavy atom. The van der Waals surface area contributed by atoms with Crippen molar-refractivity contribution < 1.29 is 0 Å². The number of aryl methyl sites for hydroxylation is 2. The Bertz CT molecular complexity index is 183. The summed E-state index contributed by atoms with van der Waals surface area (Å²) in [6, 6.07) is 0. The molecule has 1 rings (SSSR count). The minimum atomic E-state index is 0.667. The Morgan fingerprint density at radius 2 is 2.56 bits per heavy atom. The number of aromatic nitrogens is 2. The molecule has 0 aliphatic heterocycles. The second-order valence-corrected chi connectivity index (χ2v) is 2.34. The van der Waals surface area contributed by atoms with E-state index in [2.05, 4.69) is 10.2 Å². The number of aromatic amines is 1. The van der Waals surface area contributed by atoms with Crippen molar-refractivity contribution >= 4 is 11.6 Å². The van der Waals surface area contributed by atoms with Crippen molar-refractivity contribution in [2.24, 2.45) is 0 Å². The average molecular weight is 145 g/mol. The molecule has 0 aliphatic rings. The van der Waals surface area contributed by atoms with E-state index in [0.29, 0.717) is 5.88 Å². The topological polar surface area (TPSA) is 28.7 Å². The number of nitrogens with zero attached hydrogens (tertiary/aromatic N) is 1. The van der Waals surface area contributed by atoms with Gasteiger partial charge in [-0.2, -0.15) is 5.10 Å². The summed E-state index contributed by atoms with van der Waals surface area (Å²) >= 11 is 5.52. The van der Waals surface area contributed by atoms with Crippen LogP contribution in [0, 0.1) is 6.92 Å². The lowest BCUT2D eigenvalue weighted by Gasteiger charge is -1.90. The summed E-state index contributed by atoms with van der Waals surface area (Å²) in [5.41, 5.74) is 2.33. The van der Waals surface area contributed by atoms with Crippen LogP contribution >= 0.6 is 11.6 Å². The minimum absolute atomic E-state index is 0.667. The van der Waals surface area contributed by atoms with Crippen molar-refractivity contribution in [3.63, 3.8) is 0 Å². The van der Waals surface area contributed by atoms with Crippen LogP contribution in [-0.2, 0) is 6.42 Å². The number of H-pyrrole nitrogens is 1. The maximum absolute atomic E-state index is 5.52. The molecule has 0 aromatic carbocycles. The summed E-state index contributed by atoms with van der Waals surface area (Å²) in [5.74, 6) is 0.667. The normalized spacial score (nSPS) is 10.0. The third-order valence-corrected chi connectivity index (χ3v) is 1.49. The van der Waals surface area contributed by atoms with Gasteiger partial charge in [-0.3, -0.25) is 5.10 Å². The number of hydrogen-bond donors (Lipinski definition) is 1. The first kappa shape index (κ1) is 6.62. The lowest BCUT2D eigenvalue weighted by molar-refractivity contribution is 1.04. The fourth-order valence-electron chi connectivity index (χ4n) is 0.729. The monoisotopic (exact) mass is 144 g/mol. The van der Waals surface area contributed by atoms with Crippen LogP contribution in [0.2, 0.25) is 0 Å². The van der Waals surface area contributed by atoms with Crippen LogP contribution in [0.4, 0.5) is 0 Å². The first-order chi connectivity index (χ1) is 4.34. The molecule has 0 amide bonds. The van der Waals surface area contributed by atoms with Gasteiger partial charge in [-0.05, 0) is 18.9 Å². The second-order valence-electron chi connectivity index (χ2n) is 1.96. The van der Waals surface area contributed by atoms with Crippen LogP contribution in [0.3, 0.4) is 0 Å². The lowest BCUT2D eigenvalue weighted by atomic mass is 10.2. The highest BCUT2D eigenvalue weighted by molar-refractivity contribution is 6.17. The Labute approximate surface area is 59.2 Å². The maximum atomic E-state index is 5.52. The smallest absolute Gasteiger partial charge is 0.0522 e. The number of halogens is 1. The van der Waals surface area contributed by atoms with E-state index in [-0.39, 0.29) is 0 Å². The van der Waals surface area contributed by atoms with Crippen LogP contribution in [0.25, 0.3) is 0 Å². The Hall–Kier alpha value is -0.500. The molecule has 0 aliphatic carbocycles. The molecule has 2 nitrogen and oxygen atoms in total. The second kappa shape index (κ2) is 2.87. The molecule has 0 spiro atoms. The van der Waals surface area contributed by atoms with Gasteiger partial charge in [0.25, 0.3) is 0 Å². The quantitative estimate of drug-likeness (QED) is 0.627. The molecule has 0 radical (unpaired) electrons. The van der Waals surface area contributed by atoms with E-state index in [1.807, 2.05) is 13.1 Å². The van der Waals surface area contributed by atoms with Gasteiger partial charge in [0.2, 0.25) is 0 Å². The van der Waals surface area contributed by atoms with E-state index < -0.39 is 0 Å². The first-order valence-corrected chi connectivity index (χ1v) is 3.43. The predicted molar refractivity (Wildman–Crippen MR) is 37.7 cm³/mol. The third-order valence-electron chi connectivity index (χ3n) is 1.30. The van der Waals surface area contributed by atoms with E-state index in [0.717, 1.165) is 12.1 Å². The van der Waals surface area contributed by atoms with E-state index in [4.69, 9.17) is 11.6 Å². The zero-order valence-corrected chi connectivity index (χ0v) is 6.07. The molecule has 0 unspecified atom stereocenters. The summed E-state index contributed by atoms with van der Waals surface area (Å²) in [4.78, 5) is 0. The molecule has 1 aromatic heterocycles. The van der Waals surface area contributed by atoms with Crippen LogP contribution in [0.1, 0.15) is 11.3 Å². The molecule has 1 N–H and O–H groups in total. The standard InChI is InChI=1S/C6H9ClN2/c1-5-6(2-3-7)4-8-9-5/h4H,2-3H2,1H3,(H,8,9). The molecule has 0 saturated carbocycles. The van der Waals surface area contributed by atoms with Crippen molar-refractivity contribution in [1.82, 2.24) is 10.2 Å². The molecular formula is C6H9ClN2. The minimum Gasteiger partial charge on any atom is -0.283 e. The molecule has 50 valence electrons. The molecule has 3 heteroatoms. The summed E-state index contributed by atoms with van der Waals surface area (Å²) in [6.45, 7) is 1.99. The number of rotatable bonds is 2. The Morgan fingerprint density at radius 1 is 1.78 bits per heavy atom. The summed E-state index contributed by atoms with van der Waals surface area (Å²) < 4.78 is 0. The molecule has 0 atom stereocenters. The average Bonchev–Trinajstić information content (AvgIpc) is 2.18. The van der Waals surface area contributed by atoms with Crippen LogP contribution in [0.5, 0.6) is 0 Å². The van der Waals surface area contributed by atoms with Gasteiger partial charge in [-0.25, -0.2) is 0 Å². The third kappa shape index (κ3) is 1.45. The van der Waals surface area contributed by atoms with Crippen molar-refractivity contribution in [2.45, 2.75) is 13.3 Å². The van der Waals surface area contributed by atoms with Gasteiger partial charge in [-0.15, -0.1) is 11.6 Å². The molecule has 0 fully saturated rings. The molecule has 1 heterocycles. The zero-order chi connectivity index (χ0) is 6.69. The van der Waals surface area contributed by atoms with E-state index in [1.165, 1.54) is 5.56 Å². The summed E-state index contributed by atoms with van der Waals surface area (Å²) in [5, 5.41) is 6.70. The van der Waals surface area contributed by atoms with Crippen molar-refractivity contribution in [2.75, 3.05) is 5.88 Å². The van der Waals surface area contributed by atoms with Crippen molar-refractivity contribution in [1.29, 1.82) is 0 Å². The van der Waals surface area contributed by atoms with Gasteiger partial charge >= 0.3 is 0 Å². The number of alkyl halides is 1. The lowest BCUT2D eigenvalue weighted by Crippen LogP contribution is -1.85. The number of nitrogens with one attached hydrogen (secondary N) is 1. The fourth-order valence-corrected chi connectivity index (χ4v) is 0.933. The number of hydrogen-bond acceptors (Lipinski definition) is 1. The summed E-state index contributed by atoms with van der Waals surface area (Å²) in [7, 11) is 0. The largest absolute Gasteiger partial charge is 0.283 e. The van der Waals surface area contributed by atoms with E-state index in [1.54, 1.807) is 0 Å². The van der Waals surface area contributed by atoms with Gasteiger partial charge in [0.15, 0.2) is 0 Å². The van der Waals surface area contributed by atoms with Crippen LogP contribution in [-0.4, -0.2) is 16.1 Å². The molecule has 9 heavy (non-hydrogen) atoms. The van der Waals surface area contributed by atoms with E-state index >= 15 is 0 Å². The first-order valence-electron chi connectivity index (χ1n) is 2.89. The maximum Gasteiger partial charge on any atom is 0.0522 e. The van der Waals surface area contributed by atoms with Crippen molar-refractivity contribution in [3.05, 3.63) is 17.5 Å². The van der Waals surface area contributed by atoms with Gasteiger partial charge in [0.1, 0.15) is 0 Å². The highest BCUT2D eigenvalue weighted by Crippen LogP contribution is 2.03. The van der Waals surface area contributed by atoms with Gasteiger partial charge in [0, 0.05) is 11.6 Å². The van der Waals surface area contributed by atoms with Gasteiger partial charge in [-0.1, -0.05) is 0 Å². The highest BCUT2D eigenvalue weighted by Gasteiger charge is 1.96. The molecular weight excluding hydrogens is 136 g/mol. The van der Waals surface area contributed by atoms with E-state index in [9.17, 15) is 0 Å². The fraction of sp³-hybridized carbons (Fsp3) is 0.500. The van der Waals surface area contributed by atoms with Crippen LogP contribution in [0.15, 0.2) is 6.20 Å². The highest BCUT2D eigenvalue weighted by atomic mass is 35.5. The van der Waals surface area contributed by atoms with Gasteiger partial charge in [0.05, 0.1) is 6.20 Å².